The zero-order valence-corrected chi connectivity index (χ0v) is 20.4. The highest BCUT2D eigenvalue weighted by Gasteiger charge is 2.27. The predicted octanol–water partition coefficient (Wildman–Crippen LogP) is 5.30. The van der Waals surface area contributed by atoms with Gasteiger partial charge in [-0.2, -0.15) is 0 Å². The molecule has 2 aromatic rings. The number of rotatable bonds is 10. The third kappa shape index (κ3) is 8.04. The fourth-order valence-corrected chi connectivity index (χ4v) is 4.08. The number of benzene rings is 2. The van der Waals surface area contributed by atoms with E-state index < -0.39 is 0 Å². The second-order valence-electron chi connectivity index (χ2n) is 9.76. The summed E-state index contributed by atoms with van der Waals surface area (Å²) in [6.45, 7) is 13.0. The molecule has 33 heavy (non-hydrogen) atoms. The summed E-state index contributed by atoms with van der Waals surface area (Å²) in [4.78, 5) is 17.5. The van der Waals surface area contributed by atoms with Crippen molar-refractivity contribution >= 4 is 6.03 Å². The van der Waals surface area contributed by atoms with Crippen LogP contribution in [0.5, 0.6) is 5.75 Å². The molecule has 5 nitrogen and oxygen atoms in total. The molecule has 1 atom stereocenters. The Morgan fingerprint density at radius 1 is 1.09 bits per heavy atom. The molecular weight excluding hydrogens is 417 g/mol. The van der Waals surface area contributed by atoms with Crippen LogP contribution < -0.4 is 10.1 Å². The minimum atomic E-state index is -0.265. The summed E-state index contributed by atoms with van der Waals surface area (Å²) in [5, 5.41) is 3.07. The van der Waals surface area contributed by atoms with Crippen LogP contribution in [0.1, 0.15) is 45.2 Å². The quantitative estimate of drug-likeness (QED) is 0.529. The zero-order chi connectivity index (χ0) is 23.8. The van der Waals surface area contributed by atoms with Crippen molar-refractivity contribution in [1.29, 1.82) is 0 Å². The molecule has 0 bridgehead atoms. The Kier molecular flexibility index (Phi) is 9.12. The number of urea groups is 1. The minimum Gasteiger partial charge on any atom is -0.493 e. The van der Waals surface area contributed by atoms with Gasteiger partial charge >= 0.3 is 6.03 Å². The van der Waals surface area contributed by atoms with E-state index in [0.717, 1.165) is 36.4 Å². The molecule has 0 radical (unpaired) electrons. The maximum absolute atomic E-state index is 13.3. The van der Waals surface area contributed by atoms with Crippen LogP contribution in [0.25, 0.3) is 0 Å². The van der Waals surface area contributed by atoms with Gasteiger partial charge < -0.3 is 19.9 Å². The number of amides is 2. The average molecular weight is 456 g/mol. The van der Waals surface area contributed by atoms with Crippen molar-refractivity contribution in [2.75, 3.05) is 26.2 Å². The first kappa shape index (κ1) is 25.0. The Bertz CT molecular complexity index is 868. The standard InChI is InChI=1S/C27H38FN3O2/c1-20(2)19-33-26-11-7-22(8-12-26)15-29-27(32)31(16-23-5-9-25(28)10-6-23)18-24-13-14-30(17-24)21(3)4/h5-12,20-21,24H,13-19H2,1-4H3,(H,29,32)/t24-/m1/s1. The molecule has 0 unspecified atom stereocenters. The maximum Gasteiger partial charge on any atom is 0.317 e. The lowest BCUT2D eigenvalue weighted by atomic mass is 10.1. The summed E-state index contributed by atoms with van der Waals surface area (Å²) in [6, 6.07) is 14.7. The monoisotopic (exact) mass is 455 g/mol. The van der Waals surface area contributed by atoms with E-state index in [1.54, 1.807) is 12.1 Å². The highest BCUT2D eigenvalue weighted by atomic mass is 19.1. The van der Waals surface area contributed by atoms with E-state index in [2.05, 4.69) is 37.9 Å². The first-order valence-electron chi connectivity index (χ1n) is 12.0. The molecular formula is C27H38FN3O2. The van der Waals surface area contributed by atoms with E-state index in [1.165, 1.54) is 12.1 Å². The molecule has 180 valence electrons. The molecule has 3 rings (SSSR count). The molecule has 2 amide bonds. The van der Waals surface area contributed by atoms with E-state index in [-0.39, 0.29) is 11.8 Å². The first-order valence-corrected chi connectivity index (χ1v) is 12.0. The lowest BCUT2D eigenvalue weighted by Crippen LogP contribution is -2.42. The second kappa shape index (κ2) is 12.0. The van der Waals surface area contributed by atoms with Gasteiger partial charge in [0.2, 0.25) is 0 Å². The molecule has 0 aliphatic carbocycles. The molecule has 2 aromatic carbocycles. The molecule has 1 aliphatic heterocycles. The van der Waals surface area contributed by atoms with Gasteiger partial charge in [-0.25, -0.2) is 9.18 Å². The number of halogens is 1. The maximum atomic E-state index is 13.3. The number of hydrogen-bond donors (Lipinski definition) is 1. The third-order valence-electron chi connectivity index (χ3n) is 6.05. The molecule has 0 aromatic heterocycles. The van der Waals surface area contributed by atoms with Crippen LogP contribution in [0.2, 0.25) is 0 Å². The molecule has 1 aliphatic rings. The number of nitrogens with zero attached hydrogens (tertiary/aromatic N) is 2. The summed E-state index contributed by atoms with van der Waals surface area (Å²) in [5.74, 6) is 1.49. The van der Waals surface area contributed by atoms with Crippen LogP contribution in [0.3, 0.4) is 0 Å². The van der Waals surface area contributed by atoms with Crippen molar-refractivity contribution in [1.82, 2.24) is 15.1 Å². The van der Waals surface area contributed by atoms with Crippen molar-refractivity contribution in [3.05, 3.63) is 65.5 Å². The predicted molar refractivity (Wildman–Crippen MR) is 131 cm³/mol. The Morgan fingerprint density at radius 3 is 2.36 bits per heavy atom. The molecule has 0 spiro atoms. The Hall–Kier alpha value is -2.60. The average Bonchev–Trinajstić information content (AvgIpc) is 3.27. The van der Waals surface area contributed by atoms with Crippen molar-refractivity contribution in [3.63, 3.8) is 0 Å². The summed E-state index contributed by atoms with van der Waals surface area (Å²) in [6.07, 6.45) is 1.09. The molecule has 6 heteroatoms. The Morgan fingerprint density at radius 2 is 1.76 bits per heavy atom. The summed E-state index contributed by atoms with van der Waals surface area (Å²) in [5.41, 5.74) is 1.95. The fourth-order valence-electron chi connectivity index (χ4n) is 4.08. The third-order valence-corrected chi connectivity index (χ3v) is 6.05. The van der Waals surface area contributed by atoms with Crippen LogP contribution in [0.15, 0.2) is 48.5 Å². The summed E-state index contributed by atoms with van der Waals surface area (Å²) >= 11 is 0. The van der Waals surface area contributed by atoms with E-state index in [0.29, 0.717) is 44.1 Å². The molecule has 1 fully saturated rings. The highest BCUT2D eigenvalue weighted by Crippen LogP contribution is 2.21. The first-order chi connectivity index (χ1) is 15.8. The van der Waals surface area contributed by atoms with Crippen LogP contribution in [-0.2, 0) is 13.1 Å². The summed E-state index contributed by atoms with van der Waals surface area (Å²) < 4.78 is 19.1. The van der Waals surface area contributed by atoms with E-state index in [1.807, 2.05) is 29.2 Å². The fraction of sp³-hybridized carbons (Fsp3) is 0.519. The number of likely N-dealkylation sites (tertiary alicyclic amines) is 1. The van der Waals surface area contributed by atoms with Crippen LogP contribution in [0.4, 0.5) is 9.18 Å². The lowest BCUT2D eigenvalue weighted by Gasteiger charge is -2.27. The molecule has 1 heterocycles. The van der Waals surface area contributed by atoms with Crippen molar-refractivity contribution in [2.24, 2.45) is 11.8 Å². The smallest absolute Gasteiger partial charge is 0.317 e. The van der Waals surface area contributed by atoms with Crippen molar-refractivity contribution in [3.8, 4) is 5.75 Å². The lowest BCUT2D eigenvalue weighted by molar-refractivity contribution is 0.181. The van der Waals surface area contributed by atoms with Gasteiger partial charge in [-0.1, -0.05) is 38.1 Å². The van der Waals surface area contributed by atoms with E-state index in [9.17, 15) is 9.18 Å². The molecule has 0 saturated carbocycles. The van der Waals surface area contributed by atoms with Crippen LogP contribution >= 0.6 is 0 Å². The molecule has 1 saturated heterocycles. The van der Waals surface area contributed by atoms with Gasteiger partial charge in [-0.15, -0.1) is 0 Å². The minimum absolute atomic E-state index is 0.0949. The SMILES string of the molecule is CC(C)COc1ccc(CNC(=O)N(Cc2ccc(F)cc2)C[C@@H]2CCN(C(C)C)C2)cc1. The van der Waals surface area contributed by atoms with Gasteiger partial charge in [0.1, 0.15) is 11.6 Å². The van der Waals surface area contributed by atoms with Crippen LogP contribution in [-0.4, -0.2) is 48.1 Å². The number of carbonyl (C=O) groups excluding carboxylic acids is 1. The number of carbonyl (C=O) groups is 1. The van der Waals surface area contributed by atoms with Gasteiger partial charge in [-0.3, -0.25) is 0 Å². The van der Waals surface area contributed by atoms with Crippen molar-refractivity contribution < 1.29 is 13.9 Å². The van der Waals surface area contributed by atoms with Crippen LogP contribution in [0, 0.1) is 17.7 Å². The number of ether oxygens (including phenoxy) is 1. The van der Waals surface area contributed by atoms with E-state index in [4.69, 9.17) is 4.74 Å². The highest BCUT2D eigenvalue weighted by molar-refractivity contribution is 5.74. The number of hydrogen-bond acceptors (Lipinski definition) is 3. The van der Waals surface area contributed by atoms with E-state index >= 15 is 0 Å². The van der Waals surface area contributed by atoms with Gasteiger partial charge in [0.25, 0.3) is 0 Å². The number of nitrogens with one attached hydrogen (secondary N) is 1. The second-order valence-corrected chi connectivity index (χ2v) is 9.76. The Balaban J connectivity index is 1.60. The zero-order valence-electron chi connectivity index (χ0n) is 20.4. The topological polar surface area (TPSA) is 44.8 Å². The van der Waals surface area contributed by atoms with Gasteiger partial charge in [0, 0.05) is 32.2 Å². The van der Waals surface area contributed by atoms with Gasteiger partial charge in [0.05, 0.1) is 6.61 Å². The largest absolute Gasteiger partial charge is 0.493 e. The van der Waals surface area contributed by atoms with Crippen molar-refractivity contribution in [2.45, 2.75) is 53.2 Å². The summed E-state index contributed by atoms with van der Waals surface area (Å²) in [7, 11) is 0. The molecule has 1 N–H and O–H groups in total. The van der Waals surface area contributed by atoms with Gasteiger partial charge in [-0.05, 0) is 74.0 Å². The van der Waals surface area contributed by atoms with Gasteiger partial charge in [0.15, 0.2) is 0 Å². The normalized spacial score (nSPS) is 16.4. The Labute approximate surface area is 197 Å².